The summed E-state index contributed by atoms with van der Waals surface area (Å²) in [5.41, 5.74) is 0.160. The maximum Gasteiger partial charge on any atom is 0.136 e. The second kappa shape index (κ2) is 7.83. The second-order valence-electron chi connectivity index (χ2n) is 5.97. The van der Waals surface area contributed by atoms with Crippen molar-refractivity contribution in [1.29, 1.82) is 10.5 Å². The predicted molar refractivity (Wildman–Crippen MR) is 92.6 cm³/mol. The van der Waals surface area contributed by atoms with Crippen molar-refractivity contribution in [2.75, 3.05) is 52.4 Å². The molecule has 0 unspecified atom stereocenters. The van der Waals surface area contributed by atoms with Crippen molar-refractivity contribution in [3.05, 3.63) is 34.7 Å². The standard InChI is InChI=1S/C18H22N6/c19-13-17(14-20)15-1-3-16(4-2-15)18(23-9-5-21-6-10-23)24-11-7-22-8-12-24/h1-4,21-22H,5-12H2. The first-order valence-corrected chi connectivity index (χ1v) is 8.39. The number of nitriles is 2. The van der Waals surface area contributed by atoms with Gasteiger partial charge in [-0.3, -0.25) is 0 Å². The van der Waals surface area contributed by atoms with Crippen LogP contribution >= 0.6 is 0 Å². The van der Waals surface area contributed by atoms with Gasteiger partial charge in [-0.15, -0.1) is 0 Å². The summed E-state index contributed by atoms with van der Waals surface area (Å²) in [6.45, 7) is 7.96. The molecule has 2 aliphatic heterocycles. The molecule has 24 heavy (non-hydrogen) atoms. The largest absolute Gasteiger partial charge is 0.355 e. The Morgan fingerprint density at radius 1 is 0.750 bits per heavy atom. The van der Waals surface area contributed by atoms with Crippen molar-refractivity contribution in [1.82, 2.24) is 20.4 Å². The highest BCUT2D eigenvalue weighted by Crippen LogP contribution is 2.12. The zero-order valence-corrected chi connectivity index (χ0v) is 13.8. The van der Waals surface area contributed by atoms with Gasteiger partial charge >= 0.3 is 0 Å². The lowest BCUT2D eigenvalue weighted by molar-refractivity contribution is 0.237. The molecule has 124 valence electrons. The number of hydrogen-bond acceptors (Lipinski definition) is 6. The van der Waals surface area contributed by atoms with Gasteiger partial charge in [0.2, 0.25) is 0 Å². The molecule has 2 fully saturated rings. The van der Waals surface area contributed by atoms with Gasteiger partial charge in [-0.05, 0) is 0 Å². The zero-order valence-electron chi connectivity index (χ0n) is 13.8. The van der Waals surface area contributed by atoms with Crippen LogP contribution in [0.25, 0.3) is 11.4 Å². The number of nitrogens with one attached hydrogen (secondary N) is 2. The third-order valence-corrected chi connectivity index (χ3v) is 4.49. The Balaban J connectivity index is 2.06. The Kier molecular flexibility index (Phi) is 5.32. The minimum atomic E-state index is 0.160. The topological polar surface area (TPSA) is 78.1 Å². The third-order valence-electron chi connectivity index (χ3n) is 4.49. The molecule has 0 spiro atoms. The number of nitrogens with zero attached hydrogens (tertiary/aromatic N) is 4. The molecule has 0 bridgehead atoms. The Hall–Kier alpha value is -2.54. The van der Waals surface area contributed by atoms with E-state index in [1.165, 1.54) is 5.82 Å². The Labute approximate surface area is 142 Å². The lowest BCUT2D eigenvalue weighted by atomic mass is 10.1. The third kappa shape index (κ3) is 3.51. The lowest BCUT2D eigenvalue weighted by Gasteiger charge is -2.40. The van der Waals surface area contributed by atoms with E-state index >= 15 is 0 Å². The molecule has 0 radical (unpaired) electrons. The molecule has 0 amide bonds. The van der Waals surface area contributed by atoms with E-state index in [0.29, 0.717) is 5.22 Å². The van der Waals surface area contributed by atoms with Crippen molar-refractivity contribution < 1.29 is 0 Å². The van der Waals surface area contributed by atoms with Crippen LogP contribution in [-0.2, 0) is 0 Å². The fourth-order valence-electron chi connectivity index (χ4n) is 3.26. The van der Waals surface area contributed by atoms with E-state index in [2.05, 4.69) is 20.4 Å². The highest BCUT2D eigenvalue weighted by atomic mass is 15.4. The van der Waals surface area contributed by atoms with Crippen molar-refractivity contribution >= 4 is 11.4 Å². The molecule has 6 nitrogen and oxygen atoms in total. The smallest absolute Gasteiger partial charge is 0.136 e. The molecule has 0 atom stereocenters. The van der Waals surface area contributed by atoms with Crippen molar-refractivity contribution in [2.45, 2.75) is 0 Å². The van der Waals surface area contributed by atoms with Gasteiger partial charge in [0.1, 0.15) is 23.5 Å². The summed E-state index contributed by atoms with van der Waals surface area (Å²) >= 11 is 0. The molecule has 0 saturated carbocycles. The van der Waals surface area contributed by atoms with E-state index < -0.39 is 0 Å². The summed E-state index contributed by atoms with van der Waals surface area (Å²) in [5.74, 6) is 1.26. The van der Waals surface area contributed by atoms with Crippen LogP contribution < -0.4 is 21.1 Å². The highest BCUT2D eigenvalue weighted by molar-refractivity contribution is 5.72. The van der Waals surface area contributed by atoms with E-state index in [1.807, 2.05) is 36.4 Å². The fourth-order valence-corrected chi connectivity index (χ4v) is 3.26. The fraction of sp³-hybridized carbons (Fsp3) is 0.444. The quantitative estimate of drug-likeness (QED) is 0.709. The molecule has 0 aliphatic carbocycles. The van der Waals surface area contributed by atoms with E-state index in [4.69, 9.17) is 10.5 Å². The molecule has 2 aliphatic rings. The van der Waals surface area contributed by atoms with Gasteiger partial charge in [-0.25, -0.2) is 0 Å². The Morgan fingerprint density at radius 2 is 1.17 bits per heavy atom. The summed E-state index contributed by atoms with van der Waals surface area (Å²) in [7, 11) is 0. The first kappa shape index (κ1) is 16.3. The number of benzene rings is 1. The van der Waals surface area contributed by atoms with Crippen LogP contribution in [-0.4, -0.2) is 62.2 Å². The number of hydrogen-bond donors (Lipinski definition) is 2. The van der Waals surface area contributed by atoms with Gasteiger partial charge in [0.05, 0.1) is 0 Å². The van der Waals surface area contributed by atoms with Gasteiger partial charge in [-0.1, -0.05) is 24.3 Å². The molecule has 2 N–H and O–H groups in total. The van der Waals surface area contributed by atoms with Crippen LogP contribution in [0, 0.1) is 22.7 Å². The second-order valence-corrected chi connectivity index (χ2v) is 5.97. The van der Waals surface area contributed by atoms with Gasteiger partial charge < -0.3 is 20.4 Å². The highest BCUT2D eigenvalue weighted by Gasteiger charge is 2.20. The normalized spacial score (nSPS) is 17.8. The summed E-state index contributed by atoms with van der Waals surface area (Å²) in [4.78, 5) is 4.88. The zero-order chi connectivity index (χ0) is 16.8. The molecule has 2 saturated heterocycles. The summed E-state index contributed by atoms with van der Waals surface area (Å²) in [5, 5.41) is 26.7. The van der Waals surface area contributed by atoms with Crippen LogP contribution in [0.15, 0.2) is 24.3 Å². The summed E-state index contributed by atoms with van der Waals surface area (Å²) in [6, 6.07) is 11.7. The van der Waals surface area contributed by atoms with Gasteiger partial charge in [-0.2, -0.15) is 10.5 Å². The van der Waals surface area contributed by atoms with Crippen molar-refractivity contribution in [3.63, 3.8) is 0 Å². The number of rotatable bonds is 2. The van der Waals surface area contributed by atoms with Crippen LogP contribution in [0.4, 0.5) is 0 Å². The molecule has 1 aromatic rings. The van der Waals surface area contributed by atoms with Gasteiger partial charge in [0.25, 0.3) is 0 Å². The van der Waals surface area contributed by atoms with E-state index in [-0.39, 0.29) is 5.57 Å². The first-order chi connectivity index (χ1) is 11.8. The first-order valence-electron chi connectivity index (χ1n) is 8.39. The SMILES string of the molecule is N#CC(C#N)=c1ccc(=C(N2CCNCC2)N2CCNCC2)cc1. The van der Waals surface area contributed by atoms with Crippen LogP contribution in [0.5, 0.6) is 0 Å². The van der Waals surface area contributed by atoms with E-state index in [1.54, 1.807) is 0 Å². The molecule has 3 rings (SSSR count). The Morgan fingerprint density at radius 3 is 1.58 bits per heavy atom. The number of piperazine rings is 2. The average Bonchev–Trinajstić information content (AvgIpc) is 2.66. The van der Waals surface area contributed by atoms with E-state index in [0.717, 1.165) is 57.6 Å². The maximum absolute atomic E-state index is 9.02. The molecule has 0 aromatic heterocycles. The summed E-state index contributed by atoms with van der Waals surface area (Å²) < 4.78 is 0. The lowest BCUT2D eigenvalue weighted by Crippen LogP contribution is -2.52. The minimum Gasteiger partial charge on any atom is -0.355 e. The van der Waals surface area contributed by atoms with Gasteiger partial charge in [0.15, 0.2) is 0 Å². The average molecular weight is 322 g/mol. The Bertz CT molecular complexity index is 714. The maximum atomic E-state index is 9.02. The van der Waals surface area contributed by atoms with Crippen LogP contribution in [0.3, 0.4) is 0 Å². The molecule has 1 aromatic carbocycles. The van der Waals surface area contributed by atoms with Crippen LogP contribution in [0.1, 0.15) is 0 Å². The van der Waals surface area contributed by atoms with Crippen LogP contribution in [0.2, 0.25) is 0 Å². The van der Waals surface area contributed by atoms with E-state index in [9.17, 15) is 0 Å². The molecule has 6 heteroatoms. The molecule has 2 heterocycles. The molecular weight excluding hydrogens is 300 g/mol. The van der Waals surface area contributed by atoms with Crippen molar-refractivity contribution in [2.24, 2.45) is 0 Å². The summed E-state index contributed by atoms with van der Waals surface area (Å²) in [6.07, 6.45) is 0. The monoisotopic (exact) mass is 322 g/mol. The van der Waals surface area contributed by atoms with Gasteiger partial charge in [0, 0.05) is 62.8 Å². The molecular formula is C18H22N6. The van der Waals surface area contributed by atoms with Crippen molar-refractivity contribution in [3.8, 4) is 12.1 Å². The minimum absolute atomic E-state index is 0.160. The predicted octanol–water partition coefficient (Wildman–Crippen LogP) is -1.24.